The van der Waals surface area contributed by atoms with Gasteiger partial charge in [-0.3, -0.25) is 4.79 Å². The molecule has 2 aromatic rings. The third kappa shape index (κ3) is 2.58. The Morgan fingerprint density at radius 3 is 2.65 bits per heavy atom. The van der Waals surface area contributed by atoms with Gasteiger partial charge in [0, 0.05) is 14.8 Å². The molecule has 1 heterocycles. The van der Waals surface area contributed by atoms with Crippen LogP contribution >= 0.6 is 22.6 Å². The number of aromatic nitrogens is 1. The Morgan fingerprint density at radius 1 is 1.35 bits per heavy atom. The first-order chi connectivity index (χ1) is 9.43. The highest BCUT2D eigenvalue weighted by atomic mass is 127. The minimum Gasteiger partial charge on any atom is -0.478 e. The lowest BCUT2D eigenvalue weighted by Gasteiger charge is -2.09. The van der Waals surface area contributed by atoms with Crippen LogP contribution in [0, 0.1) is 21.8 Å². The van der Waals surface area contributed by atoms with Gasteiger partial charge in [0.25, 0.3) is 5.56 Å². The van der Waals surface area contributed by atoms with Gasteiger partial charge in [-0.1, -0.05) is 6.07 Å². The highest BCUT2D eigenvalue weighted by Crippen LogP contribution is 2.27. The lowest BCUT2D eigenvalue weighted by Crippen LogP contribution is -2.13. The van der Waals surface area contributed by atoms with E-state index in [1.807, 2.05) is 28.7 Å². The number of aryl methyl sites for hydroxylation is 1. The molecular formula is C14H9IN2O3. The summed E-state index contributed by atoms with van der Waals surface area (Å²) >= 11 is 2.01. The molecule has 0 amide bonds. The van der Waals surface area contributed by atoms with Crippen molar-refractivity contribution in [2.24, 2.45) is 0 Å². The van der Waals surface area contributed by atoms with Crippen LogP contribution in [0.5, 0.6) is 0 Å². The molecule has 1 aromatic heterocycles. The zero-order valence-electron chi connectivity index (χ0n) is 10.4. The predicted octanol–water partition coefficient (Wildman–Crippen LogP) is 2.52. The Kier molecular flexibility index (Phi) is 3.90. The van der Waals surface area contributed by atoms with E-state index in [4.69, 9.17) is 5.26 Å². The van der Waals surface area contributed by atoms with E-state index in [-0.39, 0.29) is 11.1 Å². The molecule has 0 unspecified atom stereocenters. The van der Waals surface area contributed by atoms with E-state index in [0.29, 0.717) is 16.8 Å². The van der Waals surface area contributed by atoms with E-state index in [1.54, 1.807) is 25.1 Å². The highest BCUT2D eigenvalue weighted by molar-refractivity contribution is 14.1. The molecule has 0 aliphatic carbocycles. The monoisotopic (exact) mass is 380 g/mol. The van der Waals surface area contributed by atoms with Crippen molar-refractivity contribution in [3.05, 3.63) is 55.0 Å². The van der Waals surface area contributed by atoms with E-state index < -0.39 is 11.5 Å². The third-order valence-corrected chi connectivity index (χ3v) is 3.45. The van der Waals surface area contributed by atoms with Crippen LogP contribution < -0.4 is 5.56 Å². The number of nitrogens with one attached hydrogen (secondary N) is 1. The summed E-state index contributed by atoms with van der Waals surface area (Å²) in [5.41, 5.74) is 0.736. The fourth-order valence-electron chi connectivity index (χ4n) is 1.94. The second-order valence-corrected chi connectivity index (χ2v) is 5.42. The van der Waals surface area contributed by atoms with Gasteiger partial charge in [-0.2, -0.15) is 5.26 Å². The van der Waals surface area contributed by atoms with Crippen LogP contribution in [-0.2, 0) is 0 Å². The fourth-order valence-corrected chi connectivity index (χ4v) is 2.43. The number of benzene rings is 1. The van der Waals surface area contributed by atoms with Gasteiger partial charge in [0.1, 0.15) is 11.6 Å². The summed E-state index contributed by atoms with van der Waals surface area (Å²) in [5.74, 6) is -1.10. The minimum absolute atomic E-state index is 0.0680. The van der Waals surface area contributed by atoms with Crippen LogP contribution in [0.2, 0.25) is 0 Å². The number of pyridine rings is 1. The lowest BCUT2D eigenvalue weighted by molar-refractivity contribution is 0.0697. The van der Waals surface area contributed by atoms with Crippen LogP contribution in [0.25, 0.3) is 11.1 Å². The largest absolute Gasteiger partial charge is 0.478 e. The van der Waals surface area contributed by atoms with E-state index in [1.165, 1.54) is 6.07 Å². The number of rotatable bonds is 2. The zero-order chi connectivity index (χ0) is 14.9. The molecule has 100 valence electrons. The number of aromatic carboxylic acids is 1. The molecule has 0 saturated heterocycles. The normalized spacial score (nSPS) is 10.1. The smallest absolute Gasteiger partial charge is 0.336 e. The van der Waals surface area contributed by atoms with Crippen molar-refractivity contribution < 1.29 is 9.90 Å². The predicted molar refractivity (Wildman–Crippen MR) is 81.6 cm³/mol. The molecule has 0 radical (unpaired) electrons. The molecule has 1 aromatic carbocycles. The van der Waals surface area contributed by atoms with Gasteiger partial charge in [0.05, 0.1) is 5.56 Å². The van der Waals surface area contributed by atoms with Gasteiger partial charge < -0.3 is 10.1 Å². The average Bonchev–Trinajstić information content (AvgIpc) is 2.37. The molecule has 5 nitrogen and oxygen atoms in total. The van der Waals surface area contributed by atoms with Crippen molar-refractivity contribution in [1.82, 2.24) is 4.98 Å². The van der Waals surface area contributed by atoms with E-state index in [0.717, 1.165) is 3.57 Å². The molecule has 0 bridgehead atoms. The molecule has 20 heavy (non-hydrogen) atoms. The van der Waals surface area contributed by atoms with Crippen LogP contribution in [0.3, 0.4) is 0 Å². The number of hydrogen-bond acceptors (Lipinski definition) is 3. The molecule has 2 N–H and O–H groups in total. The number of hydrogen-bond donors (Lipinski definition) is 2. The van der Waals surface area contributed by atoms with Gasteiger partial charge >= 0.3 is 5.97 Å². The number of carbonyl (C=O) groups is 1. The SMILES string of the molecule is Cc1cc(-c2ccc(I)cc2C(=O)O)c(C#N)c(=O)[nH]1. The highest BCUT2D eigenvalue weighted by Gasteiger charge is 2.17. The minimum atomic E-state index is -1.10. The van der Waals surface area contributed by atoms with Gasteiger partial charge in [-0.15, -0.1) is 0 Å². The van der Waals surface area contributed by atoms with Gasteiger partial charge in [0.2, 0.25) is 0 Å². The van der Waals surface area contributed by atoms with Crippen molar-refractivity contribution in [2.45, 2.75) is 6.92 Å². The zero-order valence-corrected chi connectivity index (χ0v) is 12.6. The quantitative estimate of drug-likeness (QED) is 0.783. The number of nitriles is 1. The Bertz CT molecular complexity index is 803. The second kappa shape index (κ2) is 5.46. The number of carboxylic acid groups (broad SMARTS) is 1. The van der Waals surface area contributed by atoms with Crippen LogP contribution in [-0.4, -0.2) is 16.1 Å². The van der Waals surface area contributed by atoms with Crippen molar-refractivity contribution in [3.8, 4) is 17.2 Å². The van der Waals surface area contributed by atoms with E-state index in [2.05, 4.69) is 4.98 Å². The van der Waals surface area contributed by atoms with Gasteiger partial charge in [-0.05, 0) is 53.3 Å². The molecule has 0 saturated carbocycles. The first kappa shape index (κ1) is 14.3. The maximum absolute atomic E-state index is 11.8. The summed E-state index contributed by atoms with van der Waals surface area (Å²) < 4.78 is 0.767. The topological polar surface area (TPSA) is 93.9 Å². The summed E-state index contributed by atoms with van der Waals surface area (Å²) in [7, 11) is 0. The lowest BCUT2D eigenvalue weighted by atomic mass is 9.96. The van der Waals surface area contributed by atoms with Crippen molar-refractivity contribution in [2.75, 3.05) is 0 Å². The van der Waals surface area contributed by atoms with Crippen LogP contribution in [0.4, 0.5) is 0 Å². The molecule has 0 fully saturated rings. The Hall–Kier alpha value is -2.14. The summed E-state index contributed by atoms with van der Waals surface area (Å²) in [4.78, 5) is 25.7. The van der Waals surface area contributed by atoms with Crippen LogP contribution in [0.1, 0.15) is 21.6 Å². The number of nitrogens with zero attached hydrogens (tertiary/aromatic N) is 1. The molecular weight excluding hydrogens is 371 g/mol. The molecule has 6 heteroatoms. The van der Waals surface area contributed by atoms with Crippen molar-refractivity contribution in [1.29, 1.82) is 5.26 Å². The number of H-pyrrole nitrogens is 1. The molecule has 0 aliphatic rings. The number of aromatic amines is 1. The van der Waals surface area contributed by atoms with Gasteiger partial charge in [-0.25, -0.2) is 4.79 Å². The van der Waals surface area contributed by atoms with Gasteiger partial charge in [0.15, 0.2) is 0 Å². The van der Waals surface area contributed by atoms with Crippen molar-refractivity contribution >= 4 is 28.6 Å². The van der Waals surface area contributed by atoms with E-state index >= 15 is 0 Å². The Morgan fingerprint density at radius 2 is 2.05 bits per heavy atom. The number of carboxylic acids is 1. The Balaban J connectivity index is 2.85. The maximum Gasteiger partial charge on any atom is 0.336 e. The first-order valence-corrected chi connectivity index (χ1v) is 6.69. The molecule has 0 aliphatic heterocycles. The summed E-state index contributed by atoms with van der Waals surface area (Å²) in [5, 5.41) is 18.4. The standard InChI is InChI=1S/C14H9IN2O3/c1-7-4-10(12(6-16)13(18)17-7)9-3-2-8(15)5-11(9)14(19)20/h2-5H,1H3,(H,17,18)(H,19,20). The molecule has 0 atom stereocenters. The maximum atomic E-state index is 11.8. The first-order valence-electron chi connectivity index (χ1n) is 5.61. The third-order valence-electron chi connectivity index (χ3n) is 2.78. The summed E-state index contributed by atoms with van der Waals surface area (Å²) in [6.45, 7) is 1.68. The fraction of sp³-hybridized carbons (Fsp3) is 0.0714. The summed E-state index contributed by atoms with van der Waals surface area (Å²) in [6.07, 6.45) is 0. The molecule has 2 rings (SSSR count). The summed E-state index contributed by atoms with van der Waals surface area (Å²) in [6, 6.07) is 8.29. The van der Waals surface area contributed by atoms with Crippen molar-refractivity contribution in [3.63, 3.8) is 0 Å². The second-order valence-electron chi connectivity index (χ2n) is 4.18. The number of halogens is 1. The van der Waals surface area contributed by atoms with E-state index in [9.17, 15) is 14.7 Å². The average molecular weight is 380 g/mol. The molecule has 0 spiro atoms. The Labute approximate surface area is 128 Å². The van der Waals surface area contributed by atoms with Crippen LogP contribution in [0.15, 0.2) is 29.1 Å².